The number of aryl methyl sites for hydroxylation is 1. The fraction of sp³-hybridized carbons (Fsp3) is 0.105. The zero-order chi connectivity index (χ0) is 22.3. The highest BCUT2D eigenvalue weighted by atomic mass is 79.9. The molecule has 0 bridgehead atoms. The molecule has 0 unspecified atom stereocenters. The number of aromatic nitrogens is 3. The number of hydrogen-bond acceptors (Lipinski definition) is 6. The molecule has 0 aliphatic carbocycles. The van der Waals surface area contributed by atoms with Crippen LogP contribution in [0.15, 0.2) is 50.5 Å². The lowest BCUT2D eigenvalue weighted by Gasteiger charge is -2.09. The molecule has 1 aromatic carbocycles. The van der Waals surface area contributed by atoms with Gasteiger partial charge in [-0.15, -0.1) is 11.3 Å². The molecule has 3 aromatic heterocycles. The van der Waals surface area contributed by atoms with Gasteiger partial charge in [-0.1, -0.05) is 29.3 Å². The Morgan fingerprint density at radius 3 is 2.61 bits per heavy atom. The first-order valence-corrected chi connectivity index (χ1v) is 12.6. The van der Waals surface area contributed by atoms with Gasteiger partial charge < -0.3 is 4.57 Å². The number of pyridine rings is 1. The predicted molar refractivity (Wildman–Crippen MR) is 124 cm³/mol. The molecule has 0 aliphatic rings. The van der Waals surface area contributed by atoms with Crippen LogP contribution in [0.25, 0.3) is 11.2 Å². The largest absolute Gasteiger partial charge is 0.308 e. The average Bonchev–Trinajstić information content (AvgIpc) is 3.27. The zero-order valence-electron chi connectivity index (χ0n) is 15.8. The standard InChI is InChI=1S/C19H13BrCl2N4O3S2/c1-10-23-14-4-5-15(19(27)25-31(28,29)17-7-6-16(20)30-17)24-18(14)26(10)9-11-2-3-12(21)8-13(11)22/h2-8H,9H2,1H3,(H,25,27). The van der Waals surface area contributed by atoms with Gasteiger partial charge in [0.05, 0.1) is 10.3 Å². The van der Waals surface area contributed by atoms with Crippen molar-refractivity contribution >= 4 is 77.6 Å². The lowest BCUT2D eigenvalue weighted by Crippen LogP contribution is -2.30. The van der Waals surface area contributed by atoms with Gasteiger partial charge in [-0.2, -0.15) is 0 Å². The summed E-state index contributed by atoms with van der Waals surface area (Å²) in [6, 6.07) is 11.2. The van der Waals surface area contributed by atoms with E-state index in [2.05, 4.69) is 30.6 Å². The third-order valence-electron chi connectivity index (χ3n) is 4.40. The highest BCUT2D eigenvalue weighted by molar-refractivity contribution is 9.11. The summed E-state index contributed by atoms with van der Waals surface area (Å²) in [5.74, 6) is -0.163. The van der Waals surface area contributed by atoms with Crippen LogP contribution >= 0.6 is 50.5 Å². The summed E-state index contributed by atoms with van der Waals surface area (Å²) in [5, 5.41) is 1.02. The Morgan fingerprint density at radius 2 is 1.94 bits per heavy atom. The van der Waals surface area contributed by atoms with Crippen molar-refractivity contribution in [2.24, 2.45) is 0 Å². The summed E-state index contributed by atoms with van der Waals surface area (Å²) in [6.07, 6.45) is 0. The molecule has 3 heterocycles. The molecule has 12 heteroatoms. The van der Waals surface area contributed by atoms with Crippen molar-refractivity contribution in [1.29, 1.82) is 0 Å². The molecule has 0 atom stereocenters. The van der Waals surface area contributed by atoms with Gasteiger partial charge in [0.25, 0.3) is 15.9 Å². The van der Waals surface area contributed by atoms with Gasteiger partial charge in [-0.05, 0) is 64.8 Å². The maximum absolute atomic E-state index is 12.6. The van der Waals surface area contributed by atoms with Crippen molar-refractivity contribution in [2.45, 2.75) is 17.7 Å². The van der Waals surface area contributed by atoms with Gasteiger partial charge in [0.2, 0.25) is 0 Å². The molecular formula is C19H13BrCl2N4O3S2. The minimum atomic E-state index is -4.01. The lowest BCUT2D eigenvalue weighted by atomic mass is 10.2. The van der Waals surface area contributed by atoms with Crippen molar-refractivity contribution in [3.05, 3.63) is 73.4 Å². The SMILES string of the molecule is Cc1nc2ccc(C(=O)NS(=O)(=O)c3ccc(Br)s3)nc2n1Cc1ccc(Cl)cc1Cl. The normalized spacial score (nSPS) is 11.7. The molecule has 31 heavy (non-hydrogen) atoms. The fourth-order valence-electron chi connectivity index (χ4n) is 2.92. The van der Waals surface area contributed by atoms with Crippen LogP contribution in [0.4, 0.5) is 0 Å². The smallest absolute Gasteiger partial charge is 0.283 e. The highest BCUT2D eigenvalue weighted by Crippen LogP contribution is 2.26. The Morgan fingerprint density at radius 1 is 1.16 bits per heavy atom. The van der Waals surface area contributed by atoms with E-state index in [9.17, 15) is 13.2 Å². The lowest BCUT2D eigenvalue weighted by molar-refractivity contribution is 0.0977. The van der Waals surface area contributed by atoms with E-state index >= 15 is 0 Å². The molecule has 7 nitrogen and oxygen atoms in total. The predicted octanol–water partition coefficient (Wildman–Crippen LogP) is 5.04. The number of hydrogen-bond donors (Lipinski definition) is 1. The molecule has 0 fully saturated rings. The van der Waals surface area contributed by atoms with E-state index in [1.807, 2.05) is 6.92 Å². The summed E-state index contributed by atoms with van der Waals surface area (Å²) in [6.45, 7) is 2.17. The second-order valence-electron chi connectivity index (χ2n) is 6.51. The van der Waals surface area contributed by atoms with Crippen LogP contribution in [0.2, 0.25) is 10.0 Å². The molecule has 4 rings (SSSR count). The van der Waals surface area contributed by atoms with Crippen molar-refractivity contribution in [1.82, 2.24) is 19.3 Å². The second kappa shape index (κ2) is 8.51. The van der Waals surface area contributed by atoms with Crippen LogP contribution in [-0.4, -0.2) is 28.9 Å². The number of amides is 1. The summed E-state index contributed by atoms with van der Waals surface area (Å²) >= 11 is 16.5. The number of benzene rings is 1. The van der Waals surface area contributed by atoms with Crippen molar-refractivity contribution < 1.29 is 13.2 Å². The number of rotatable bonds is 5. The molecule has 0 saturated carbocycles. The summed E-state index contributed by atoms with van der Waals surface area (Å²) in [4.78, 5) is 21.5. The van der Waals surface area contributed by atoms with Gasteiger partial charge in [0.15, 0.2) is 5.65 Å². The highest BCUT2D eigenvalue weighted by Gasteiger charge is 2.22. The topological polar surface area (TPSA) is 93.9 Å². The number of thiophene rings is 1. The van der Waals surface area contributed by atoms with E-state index in [4.69, 9.17) is 23.2 Å². The molecule has 160 valence electrons. The van der Waals surface area contributed by atoms with Gasteiger partial charge in [0, 0.05) is 10.0 Å². The number of nitrogens with one attached hydrogen (secondary N) is 1. The molecule has 0 aliphatic heterocycles. The Labute approximate surface area is 200 Å². The number of imidazole rings is 1. The quantitative estimate of drug-likeness (QED) is 0.370. The van der Waals surface area contributed by atoms with Crippen LogP contribution < -0.4 is 4.72 Å². The Balaban J connectivity index is 1.67. The third-order valence-corrected chi connectivity index (χ3v) is 8.43. The third kappa shape index (κ3) is 4.63. The Bertz CT molecular complexity index is 1430. The molecule has 1 N–H and O–H groups in total. The number of halogens is 3. The van der Waals surface area contributed by atoms with Crippen LogP contribution in [0.3, 0.4) is 0 Å². The maximum Gasteiger partial charge on any atom is 0.283 e. The number of nitrogens with zero attached hydrogens (tertiary/aromatic N) is 3. The van der Waals surface area contributed by atoms with Crippen LogP contribution in [0, 0.1) is 6.92 Å². The molecule has 4 aromatic rings. The van der Waals surface area contributed by atoms with Crippen LogP contribution in [0.5, 0.6) is 0 Å². The van der Waals surface area contributed by atoms with E-state index in [1.165, 1.54) is 12.1 Å². The monoisotopic (exact) mass is 558 g/mol. The number of fused-ring (bicyclic) bond motifs is 1. The number of carbonyl (C=O) groups excluding carboxylic acids is 1. The van der Waals surface area contributed by atoms with Gasteiger partial charge in [-0.25, -0.2) is 23.1 Å². The summed E-state index contributed by atoms with van der Waals surface area (Å²) < 4.78 is 29.4. The minimum absolute atomic E-state index is 0.0204. The molecule has 0 saturated heterocycles. The van der Waals surface area contributed by atoms with E-state index < -0.39 is 15.9 Å². The van der Waals surface area contributed by atoms with E-state index in [-0.39, 0.29) is 9.90 Å². The van der Waals surface area contributed by atoms with E-state index in [0.717, 1.165) is 16.9 Å². The summed E-state index contributed by atoms with van der Waals surface area (Å²) in [7, 11) is -4.01. The zero-order valence-corrected chi connectivity index (χ0v) is 20.5. The average molecular weight is 560 g/mol. The molecule has 1 amide bonds. The Hall–Kier alpha value is -1.98. The second-order valence-corrected chi connectivity index (χ2v) is 11.7. The van der Waals surface area contributed by atoms with Crippen molar-refractivity contribution in [3.8, 4) is 0 Å². The van der Waals surface area contributed by atoms with Crippen LogP contribution in [0.1, 0.15) is 21.9 Å². The minimum Gasteiger partial charge on any atom is -0.308 e. The molecular weight excluding hydrogens is 547 g/mol. The summed E-state index contributed by atoms with van der Waals surface area (Å²) in [5.41, 5.74) is 1.77. The van der Waals surface area contributed by atoms with Gasteiger partial charge in [0.1, 0.15) is 21.2 Å². The Kier molecular flexibility index (Phi) is 6.10. The van der Waals surface area contributed by atoms with E-state index in [1.54, 1.807) is 34.9 Å². The number of carbonyl (C=O) groups is 1. The first-order chi connectivity index (χ1) is 14.6. The molecule has 0 spiro atoms. The number of sulfonamides is 1. The van der Waals surface area contributed by atoms with E-state index in [0.29, 0.717) is 37.4 Å². The van der Waals surface area contributed by atoms with Crippen molar-refractivity contribution in [3.63, 3.8) is 0 Å². The van der Waals surface area contributed by atoms with Gasteiger partial charge >= 0.3 is 0 Å². The first-order valence-electron chi connectivity index (χ1n) is 8.74. The van der Waals surface area contributed by atoms with Gasteiger partial charge in [-0.3, -0.25) is 4.79 Å². The van der Waals surface area contributed by atoms with Crippen molar-refractivity contribution in [2.75, 3.05) is 0 Å². The first kappa shape index (κ1) is 22.2. The fourth-order valence-corrected chi connectivity index (χ4v) is 6.36. The maximum atomic E-state index is 12.6. The molecule has 0 radical (unpaired) electrons. The van der Waals surface area contributed by atoms with Crippen LogP contribution in [-0.2, 0) is 16.6 Å².